The molecule has 14 heavy (non-hydrogen) atoms. The molecule has 0 aliphatic heterocycles. The molecule has 1 aromatic heterocycles. The summed E-state index contributed by atoms with van der Waals surface area (Å²) in [6, 6.07) is 0. The van der Waals surface area contributed by atoms with Crippen molar-refractivity contribution < 1.29 is 18.4 Å². The van der Waals surface area contributed by atoms with Crippen molar-refractivity contribution in [3.8, 4) is 0 Å². The molecule has 1 unspecified atom stereocenters. The van der Waals surface area contributed by atoms with Gasteiger partial charge in [0.15, 0.2) is 17.6 Å². The fraction of sp³-hybridized carbons (Fsp3) is 0.556. The summed E-state index contributed by atoms with van der Waals surface area (Å²) in [5.74, 6) is -0.527. The molecule has 1 rings (SSSR count). The minimum Gasteiger partial charge on any atom is -0.454 e. The fourth-order valence-corrected chi connectivity index (χ4v) is 1.06. The van der Waals surface area contributed by atoms with Crippen LogP contribution in [0.15, 0.2) is 13.6 Å². The van der Waals surface area contributed by atoms with Crippen LogP contribution in [0.3, 0.4) is 0 Å². The van der Waals surface area contributed by atoms with E-state index >= 15 is 0 Å². The molecule has 0 radical (unpaired) electrons. The summed E-state index contributed by atoms with van der Waals surface area (Å²) in [6.07, 6.45) is -0.306. The molecule has 0 saturated heterocycles. The summed E-state index contributed by atoms with van der Waals surface area (Å²) in [5, 5.41) is 0. The highest BCUT2D eigenvalue weighted by Gasteiger charge is 2.19. The zero-order valence-corrected chi connectivity index (χ0v) is 8.33. The summed E-state index contributed by atoms with van der Waals surface area (Å²) < 4.78 is 14.3. The molecule has 1 aromatic rings. The van der Waals surface area contributed by atoms with E-state index in [0.717, 1.165) is 0 Å². The summed E-state index contributed by atoms with van der Waals surface area (Å²) >= 11 is 0. The van der Waals surface area contributed by atoms with Gasteiger partial charge >= 0.3 is 11.8 Å². The second-order valence-corrected chi connectivity index (χ2v) is 2.86. The summed E-state index contributed by atoms with van der Waals surface area (Å²) in [7, 11) is 0. The van der Waals surface area contributed by atoms with E-state index in [-0.39, 0.29) is 18.2 Å². The molecule has 0 aliphatic rings. The van der Waals surface area contributed by atoms with Crippen molar-refractivity contribution in [2.45, 2.75) is 33.3 Å². The van der Waals surface area contributed by atoms with Gasteiger partial charge < -0.3 is 13.6 Å². The van der Waals surface area contributed by atoms with Gasteiger partial charge in [0.1, 0.15) is 0 Å². The second-order valence-electron chi connectivity index (χ2n) is 2.86. The molecular formula is C9H12O5. The highest BCUT2D eigenvalue weighted by atomic mass is 16.6. The molecule has 0 amide bonds. The van der Waals surface area contributed by atoms with Crippen LogP contribution in [0.5, 0.6) is 0 Å². The Balaban J connectivity index is 2.79. The van der Waals surface area contributed by atoms with E-state index in [1.165, 1.54) is 0 Å². The van der Waals surface area contributed by atoms with Crippen LogP contribution in [0.25, 0.3) is 0 Å². The van der Waals surface area contributed by atoms with E-state index in [0.29, 0.717) is 5.76 Å². The maximum atomic E-state index is 10.9. The van der Waals surface area contributed by atoms with Crippen LogP contribution in [0.4, 0.5) is 0 Å². The highest BCUT2D eigenvalue weighted by molar-refractivity contribution is 5.69. The van der Waals surface area contributed by atoms with Crippen molar-refractivity contribution in [3.63, 3.8) is 0 Å². The van der Waals surface area contributed by atoms with Crippen LogP contribution in [-0.2, 0) is 9.53 Å². The van der Waals surface area contributed by atoms with Crippen molar-refractivity contribution in [1.82, 2.24) is 0 Å². The number of hydrogen-bond acceptors (Lipinski definition) is 5. The van der Waals surface area contributed by atoms with Crippen molar-refractivity contribution in [2.75, 3.05) is 0 Å². The van der Waals surface area contributed by atoms with Crippen molar-refractivity contribution >= 4 is 5.97 Å². The van der Waals surface area contributed by atoms with Gasteiger partial charge in [-0.2, -0.15) is 0 Å². The number of ether oxygens (including phenoxy) is 1. The van der Waals surface area contributed by atoms with Crippen LogP contribution < -0.4 is 5.82 Å². The van der Waals surface area contributed by atoms with Crippen molar-refractivity contribution in [1.29, 1.82) is 0 Å². The van der Waals surface area contributed by atoms with Crippen molar-refractivity contribution in [3.05, 3.63) is 22.1 Å². The first-order valence-corrected chi connectivity index (χ1v) is 4.34. The van der Waals surface area contributed by atoms with E-state index in [1.54, 1.807) is 20.8 Å². The molecule has 0 saturated carbocycles. The molecule has 0 spiro atoms. The van der Waals surface area contributed by atoms with Crippen LogP contribution in [0, 0.1) is 6.92 Å². The van der Waals surface area contributed by atoms with E-state index in [4.69, 9.17) is 9.15 Å². The molecule has 0 N–H and O–H groups in total. The van der Waals surface area contributed by atoms with Crippen LogP contribution in [0.1, 0.15) is 37.9 Å². The van der Waals surface area contributed by atoms with Gasteiger partial charge in [0, 0.05) is 6.42 Å². The van der Waals surface area contributed by atoms with E-state index < -0.39 is 11.9 Å². The Bertz CT molecular complexity index is 373. The number of carbonyl (C=O) groups excluding carboxylic acids is 1. The van der Waals surface area contributed by atoms with Gasteiger partial charge in [0.25, 0.3) is 0 Å². The lowest BCUT2D eigenvalue weighted by Crippen LogP contribution is -2.07. The van der Waals surface area contributed by atoms with Gasteiger partial charge in [-0.05, 0) is 13.8 Å². The molecule has 1 atom stereocenters. The largest absolute Gasteiger partial charge is 0.519 e. The zero-order valence-electron chi connectivity index (χ0n) is 8.33. The number of rotatable bonds is 3. The lowest BCUT2D eigenvalue weighted by Gasteiger charge is -2.08. The standard InChI is InChI=1S/C9H12O5/c1-4-7(10)12-5(2)8-6(3)13-9(11)14-8/h5H,4H2,1-3H3. The maximum absolute atomic E-state index is 10.9. The van der Waals surface area contributed by atoms with Gasteiger partial charge in [-0.15, -0.1) is 0 Å². The molecule has 0 aliphatic carbocycles. The number of esters is 1. The average molecular weight is 200 g/mol. The van der Waals surface area contributed by atoms with Gasteiger partial charge in [0.05, 0.1) is 0 Å². The number of carbonyl (C=O) groups is 1. The number of aryl methyl sites for hydroxylation is 1. The number of hydrogen-bond donors (Lipinski definition) is 0. The highest BCUT2D eigenvalue weighted by Crippen LogP contribution is 2.19. The molecule has 78 valence electrons. The van der Waals surface area contributed by atoms with Crippen LogP contribution in [-0.4, -0.2) is 5.97 Å². The first-order chi connectivity index (χ1) is 6.54. The Morgan fingerprint density at radius 2 is 2.14 bits per heavy atom. The molecule has 0 aromatic carbocycles. The first kappa shape index (κ1) is 10.6. The van der Waals surface area contributed by atoms with E-state index in [9.17, 15) is 9.59 Å². The first-order valence-electron chi connectivity index (χ1n) is 4.34. The Morgan fingerprint density at radius 1 is 1.50 bits per heavy atom. The molecular weight excluding hydrogens is 188 g/mol. The Labute approximate surface area is 80.7 Å². The molecule has 0 fully saturated rings. The van der Waals surface area contributed by atoms with Gasteiger partial charge in [0.2, 0.25) is 0 Å². The third kappa shape index (κ3) is 2.25. The monoisotopic (exact) mass is 200 g/mol. The lowest BCUT2D eigenvalue weighted by atomic mass is 10.3. The van der Waals surface area contributed by atoms with Crippen LogP contribution >= 0.6 is 0 Å². The summed E-state index contributed by atoms with van der Waals surface area (Å²) in [4.78, 5) is 21.6. The summed E-state index contributed by atoms with van der Waals surface area (Å²) in [5.41, 5.74) is 0. The Kier molecular flexibility index (Phi) is 3.11. The molecule has 5 nitrogen and oxygen atoms in total. The minimum absolute atomic E-state index is 0.261. The topological polar surface area (TPSA) is 69.7 Å². The lowest BCUT2D eigenvalue weighted by molar-refractivity contribution is -0.149. The SMILES string of the molecule is CCC(=O)OC(C)c1oc(=O)oc1C. The van der Waals surface area contributed by atoms with E-state index in [2.05, 4.69) is 4.42 Å². The van der Waals surface area contributed by atoms with Gasteiger partial charge in [-0.25, -0.2) is 4.79 Å². The quantitative estimate of drug-likeness (QED) is 0.692. The second kappa shape index (κ2) is 4.13. The summed E-state index contributed by atoms with van der Waals surface area (Å²) in [6.45, 7) is 4.89. The maximum Gasteiger partial charge on any atom is 0.519 e. The van der Waals surface area contributed by atoms with E-state index in [1.807, 2.05) is 0 Å². The fourth-order valence-electron chi connectivity index (χ4n) is 1.06. The average Bonchev–Trinajstić information content (AvgIpc) is 2.45. The third-order valence-electron chi connectivity index (χ3n) is 1.74. The predicted molar refractivity (Wildman–Crippen MR) is 46.8 cm³/mol. The smallest absolute Gasteiger partial charge is 0.454 e. The van der Waals surface area contributed by atoms with Gasteiger partial charge in [-0.1, -0.05) is 6.92 Å². The minimum atomic E-state index is -0.781. The van der Waals surface area contributed by atoms with Gasteiger partial charge in [-0.3, -0.25) is 4.79 Å². The van der Waals surface area contributed by atoms with Crippen LogP contribution in [0.2, 0.25) is 0 Å². The predicted octanol–water partition coefficient (Wildman–Crippen LogP) is 1.56. The molecule has 1 heterocycles. The molecule has 5 heteroatoms. The van der Waals surface area contributed by atoms with Crippen molar-refractivity contribution in [2.24, 2.45) is 0 Å². The molecule has 0 bridgehead atoms. The third-order valence-corrected chi connectivity index (χ3v) is 1.74. The zero-order chi connectivity index (χ0) is 10.7. The Morgan fingerprint density at radius 3 is 2.57 bits per heavy atom. The normalized spacial score (nSPS) is 12.5. The Hall–Kier alpha value is -1.52.